The molecule has 1 amide bonds. The fraction of sp³-hybridized carbons (Fsp3) is 0.525. The average Bonchev–Trinajstić information content (AvgIpc) is 3.81. The van der Waals surface area contributed by atoms with Crippen LogP contribution in [0.2, 0.25) is 21.6 Å². The SMILES string of the molecule is CC(C)[Si](C#Cc1ccc(CN2C(=O)C3=CC=CC(F)(C(C)(O)CO)C3C2(OCC2(CO)CC2)c2ccc(Cl)cc2)cc1)(C(C)C)C(C)C. The normalized spacial score (nSPS) is 25.7. The van der Waals surface area contributed by atoms with E-state index in [9.17, 15) is 20.1 Å². The van der Waals surface area contributed by atoms with Crippen LogP contribution in [-0.4, -0.2) is 65.3 Å². The molecule has 2 aliphatic carbocycles. The van der Waals surface area contributed by atoms with Crippen LogP contribution in [0.15, 0.2) is 72.3 Å². The fourth-order valence-corrected chi connectivity index (χ4v) is 13.6. The van der Waals surface area contributed by atoms with Crippen molar-refractivity contribution in [3.8, 4) is 11.5 Å². The number of hydrogen-bond donors (Lipinski definition) is 3. The van der Waals surface area contributed by atoms with Gasteiger partial charge in [0.05, 0.1) is 25.7 Å². The highest BCUT2D eigenvalue weighted by Gasteiger charge is 2.70. The van der Waals surface area contributed by atoms with Crippen molar-refractivity contribution in [3.63, 3.8) is 0 Å². The molecule has 3 aliphatic rings. The topological polar surface area (TPSA) is 90.2 Å². The van der Waals surface area contributed by atoms with Crippen molar-refractivity contribution < 1.29 is 29.2 Å². The summed E-state index contributed by atoms with van der Waals surface area (Å²) >= 11 is 6.32. The quantitative estimate of drug-likeness (QED) is 0.158. The number of ether oxygens (including phenoxy) is 1. The number of alkyl halides is 1. The maximum Gasteiger partial charge on any atom is 0.253 e. The zero-order chi connectivity index (χ0) is 36.0. The van der Waals surface area contributed by atoms with Crippen molar-refractivity contribution in [3.05, 3.63) is 94.0 Å². The van der Waals surface area contributed by atoms with Gasteiger partial charge in [0.2, 0.25) is 0 Å². The van der Waals surface area contributed by atoms with Crippen molar-refractivity contribution in [1.82, 2.24) is 4.90 Å². The summed E-state index contributed by atoms with van der Waals surface area (Å²) < 4.78 is 24.5. The van der Waals surface area contributed by atoms with E-state index in [0.29, 0.717) is 27.2 Å². The Labute approximate surface area is 297 Å². The number of nitrogens with zero attached hydrogens (tertiary/aromatic N) is 1. The number of aliphatic hydroxyl groups is 3. The molecule has 1 heterocycles. The lowest BCUT2D eigenvalue weighted by molar-refractivity contribution is -0.226. The van der Waals surface area contributed by atoms with E-state index < -0.39 is 48.9 Å². The first-order chi connectivity index (χ1) is 23.0. The van der Waals surface area contributed by atoms with Gasteiger partial charge in [0.25, 0.3) is 5.91 Å². The van der Waals surface area contributed by atoms with Gasteiger partial charge in [-0.25, -0.2) is 4.39 Å². The van der Waals surface area contributed by atoms with Crippen LogP contribution in [0, 0.1) is 22.8 Å². The molecule has 1 saturated heterocycles. The Morgan fingerprint density at radius 2 is 1.61 bits per heavy atom. The third kappa shape index (κ3) is 6.36. The minimum atomic E-state index is -2.61. The van der Waals surface area contributed by atoms with Crippen molar-refractivity contribution in [1.29, 1.82) is 0 Å². The van der Waals surface area contributed by atoms with Gasteiger partial charge in [0, 0.05) is 33.7 Å². The van der Waals surface area contributed by atoms with Crippen LogP contribution in [-0.2, 0) is 21.8 Å². The summed E-state index contributed by atoms with van der Waals surface area (Å²) in [6.45, 7) is 14.1. The third-order valence-electron chi connectivity index (χ3n) is 11.5. The molecule has 4 unspecified atom stereocenters. The van der Waals surface area contributed by atoms with E-state index in [-0.39, 0.29) is 25.3 Å². The molecule has 49 heavy (non-hydrogen) atoms. The van der Waals surface area contributed by atoms with Gasteiger partial charge in [0.1, 0.15) is 13.7 Å². The predicted octanol–water partition coefficient (Wildman–Crippen LogP) is 7.46. The number of rotatable bonds is 12. The van der Waals surface area contributed by atoms with Crippen LogP contribution in [0.3, 0.4) is 0 Å². The van der Waals surface area contributed by atoms with E-state index >= 15 is 4.39 Å². The predicted molar refractivity (Wildman–Crippen MR) is 195 cm³/mol. The number of fused-ring (bicyclic) bond motifs is 1. The maximum atomic E-state index is 17.7. The van der Waals surface area contributed by atoms with Crippen LogP contribution in [0.5, 0.6) is 0 Å². The number of carbonyl (C=O) groups is 1. The average molecular weight is 708 g/mol. The zero-order valence-electron chi connectivity index (χ0n) is 29.8. The van der Waals surface area contributed by atoms with Crippen LogP contribution in [0.25, 0.3) is 0 Å². The van der Waals surface area contributed by atoms with Gasteiger partial charge >= 0.3 is 0 Å². The molecule has 1 aliphatic heterocycles. The summed E-state index contributed by atoms with van der Waals surface area (Å²) in [6.07, 6.45) is 5.66. The molecule has 4 atom stereocenters. The number of halogens is 2. The van der Waals surface area contributed by atoms with E-state index in [1.54, 1.807) is 30.3 Å². The van der Waals surface area contributed by atoms with Gasteiger partial charge in [-0.05, 0) is 72.3 Å². The minimum absolute atomic E-state index is 0.0580. The Morgan fingerprint density at radius 3 is 2.12 bits per heavy atom. The highest BCUT2D eigenvalue weighted by molar-refractivity contribution is 6.90. The molecule has 9 heteroatoms. The van der Waals surface area contributed by atoms with Gasteiger partial charge in [-0.15, -0.1) is 5.54 Å². The van der Waals surface area contributed by atoms with Crippen molar-refractivity contribution in [2.24, 2.45) is 11.3 Å². The second-order valence-corrected chi connectivity index (χ2v) is 21.5. The molecule has 2 fully saturated rings. The van der Waals surface area contributed by atoms with Crippen molar-refractivity contribution >= 4 is 25.6 Å². The molecule has 3 N–H and O–H groups in total. The molecule has 5 rings (SSSR count). The van der Waals surface area contributed by atoms with Crippen LogP contribution in [0.1, 0.15) is 78.0 Å². The summed E-state index contributed by atoms with van der Waals surface area (Å²) in [5.41, 5.74) is 0.407. The van der Waals surface area contributed by atoms with Gasteiger partial charge in [0.15, 0.2) is 11.4 Å². The largest absolute Gasteiger partial charge is 0.396 e. The number of benzene rings is 2. The lowest BCUT2D eigenvalue weighted by Crippen LogP contribution is -2.62. The van der Waals surface area contributed by atoms with E-state index in [2.05, 4.69) is 53.0 Å². The molecule has 264 valence electrons. The van der Waals surface area contributed by atoms with Gasteiger partial charge < -0.3 is 25.0 Å². The second kappa shape index (κ2) is 13.7. The molecule has 0 aromatic heterocycles. The van der Waals surface area contributed by atoms with Crippen molar-refractivity contribution in [2.75, 3.05) is 19.8 Å². The highest BCUT2D eigenvalue weighted by atomic mass is 35.5. The van der Waals surface area contributed by atoms with Gasteiger partial charge in [-0.3, -0.25) is 4.79 Å². The first-order valence-corrected chi connectivity index (χ1v) is 20.0. The lowest BCUT2D eigenvalue weighted by Gasteiger charge is -2.50. The van der Waals surface area contributed by atoms with Crippen LogP contribution >= 0.6 is 11.6 Å². The Bertz CT molecular complexity index is 1630. The standard InChI is InChI=1S/C40H51ClFNO5Si/c1-27(2)49(28(3)4,29(5)6)22-18-30-10-12-31(13-11-30)23-43-36(46)34-9-8-19-39(42,37(7,47)24-44)35(34)40(43,32-14-16-33(41)17-15-32)48-26-38(25-45)20-21-38/h8-17,19,27-29,35,44-45,47H,20-21,23-26H2,1-7H3. The first-order valence-electron chi connectivity index (χ1n) is 17.4. The Hall–Kier alpha value is -2.77. The summed E-state index contributed by atoms with van der Waals surface area (Å²) in [4.78, 5) is 16.1. The summed E-state index contributed by atoms with van der Waals surface area (Å²) in [5.74, 6) is 1.68. The maximum absolute atomic E-state index is 17.7. The number of amides is 1. The second-order valence-electron chi connectivity index (χ2n) is 15.5. The lowest BCUT2D eigenvalue weighted by atomic mass is 9.66. The summed E-state index contributed by atoms with van der Waals surface area (Å²) in [6, 6.07) is 14.5. The molecule has 0 radical (unpaired) electrons. The molecule has 0 bridgehead atoms. The molecule has 0 spiro atoms. The zero-order valence-corrected chi connectivity index (χ0v) is 31.5. The van der Waals surface area contributed by atoms with Crippen LogP contribution in [0.4, 0.5) is 4.39 Å². The Morgan fingerprint density at radius 1 is 1.02 bits per heavy atom. The highest BCUT2D eigenvalue weighted by Crippen LogP contribution is 2.59. The third-order valence-corrected chi connectivity index (χ3v) is 18.0. The number of likely N-dealkylation sites (tertiary alicyclic amines) is 1. The monoisotopic (exact) mass is 707 g/mol. The van der Waals surface area contributed by atoms with E-state index in [4.69, 9.17) is 16.3 Å². The molecular formula is C40H51ClFNO5Si. The van der Waals surface area contributed by atoms with E-state index in [0.717, 1.165) is 24.0 Å². The van der Waals surface area contributed by atoms with Gasteiger partial charge in [-0.2, -0.15) is 0 Å². The Balaban J connectivity index is 1.62. The molecule has 2 aromatic rings. The fourth-order valence-electron chi connectivity index (χ4n) is 8.20. The number of allylic oxidation sites excluding steroid dienone is 2. The minimum Gasteiger partial charge on any atom is -0.396 e. The smallest absolute Gasteiger partial charge is 0.253 e. The number of hydrogen-bond acceptors (Lipinski definition) is 5. The van der Waals surface area contributed by atoms with E-state index in [1.807, 2.05) is 24.3 Å². The molecule has 6 nitrogen and oxygen atoms in total. The van der Waals surface area contributed by atoms with Crippen molar-refractivity contribution in [2.45, 2.75) is 101 Å². The molecular weight excluding hydrogens is 657 g/mol. The molecule has 1 saturated carbocycles. The summed E-state index contributed by atoms with van der Waals surface area (Å²) in [7, 11) is -1.94. The number of carbonyl (C=O) groups excluding carboxylic acids is 1. The summed E-state index contributed by atoms with van der Waals surface area (Å²) in [5, 5.41) is 32.3. The van der Waals surface area contributed by atoms with Crippen LogP contribution < -0.4 is 0 Å². The first kappa shape index (κ1) is 37.5. The number of aliphatic hydroxyl groups excluding tert-OH is 2. The molecule has 2 aromatic carbocycles. The Kier molecular flexibility index (Phi) is 10.5. The van der Waals surface area contributed by atoms with Gasteiger partial charge in [-0.1, -0.05) is 95.5 Å². The van der Waals surface area contributed by atoms with E-state index in [1.165, 1.54) is 24.0 Å².